The minimum atomic E-state index is 0.675. The number of nitrogens with two attached hydrogens (primary N) is 1. The van der Waals surface area contributed by atoms with Crippen LogP contribution in [0, 0.1) is 0 Å². The van der Waals surface area contributed by atoms with Crippen LogP contribution in [0.2, 0.25) is 0 Å². The Balaban J connectivity index is 1.98. The fourth-order valence-electron chi connectivity index (χ4n) is 1.78. The van der Waals surface area contributed by atoms with Gasteiger partial charge in [0, 0.05) is 18.0 Å². The van der Waals surface area contributed by atoms with Crippen molar-refractivity contribution < 1.29 is 0 Å². The monoisotopic (exact) mass is 256 g/mol. The van der Waals surface area contributed by atoms with Crippen LogP contribution in [0.4, 0.5) is 0 Å². The molecule has 90 valence electrons. The van der Waals surface area contributed by atoms with Gasteiger partial charge < -0.3 is 5.73 Å². The van der Waals surface area contributed by atoms with Crippen molar-refractivity contribution in [1.82, 2.24) is 15.0 Å². The minimum Gasteiger partial charge on any atom is -0.330 e. The van der Waals surface area contributed by atoms with Crippen molar-refractivity contribution in [3.05, 3.63) is 42.2 Å². The van der Waals surface area contributed by atoms with Crippen LogP contribution >= 0.6 is 11.3 Å². The summed E-state index contributed by atoms with van der Waals surface area (Å²) in [5.41, 5.74) is 8.59. The highest BCUT2D eigenvalue weighted by atomic mass is 32.1. The predicted octanol–water partition coefficient (Wildman–Crippen LogP) is 2.25. The smallest absolute Gasteiger partial charge is 0.190 e. The van der Waals surface area contributed by atoms with Gasteiger partial charge in [-0.15, -0.1) is 0 Å². The Morgan fingerprint density at radius 2 is 1.83 bits per heavy atom. The fraction of sp³-hybridized carbons (Fsp3) is 0.154. The number of aromatic nitrogens is 3. The van der Waals surface area contributed by atoms with Crippen LogP contribution in [0.1, 0.15) is 5.56 Å². The Bertz CT molecular complexity index is 627. The maximum atomic E-state index is 5.53. The standard InChI is InChI=1S/C13H12N4S/c14-6-5-9-1-3-10(4-2-9)12-17-11-13(18-12)16-8-7-15-11/h1-4,7-8H,5-6,14H2. The van der Waals surface area contributed by atoms with Crippen LogP contribution < -0.4 is 5.73 Å². The maximum Gasteiger partial charge on any atom is 0.190 e. The van der Waals surface area contributed by atoms with Crippen molar-refractivity contribution in [1.29, 1.82) is 0 Å². The molecule has 2 aromatic heterocycles. The summed E-state index contributed by atoms with van der Waals surface area (Å²) in [6.45, 7) is 0.675. The molecular weight excluding hydrogens is 244 g/mol. The highest BCUT2D eigenvalue weighted by molar-refractivity contribution is 7.21. The third kappa shape index (κ3) is 2.10. The number of hydrogen-bond acceptors (Lipinski definition) is 5. The van der Waals surface area contributed by atoms with E-state index >= 15 is 0 Å². The zero-order chi connectivity index (χ0) is 12.4. The second-order valence-electron chi connectivity index (χ2n) is 3.94. The number of rotatable bonds is 3. The van der Waals surface area contributed by atoms with E-state index in [0.29, 0.717) is 12.2 Å². The van der Waals surface area contributed by atoms with Gasteiger partial charge in [0.25, 0.3) is 0 Å². The summed E-state index contributed by atoms with van der Waals surface area (Å²) in [5.74, 6) is 0. The second-order valence-corrected chi connectivity index (χ2v) is 4.92. The lowest BCUT2D eigenvalue weighted by molar-refractivity contribution is 0.969. The molecule has 18 heavy (non-hydrogen) atoms. The van der Waals surface area contributed by atoms with E-state index in [1.54, 1.807) is 23.7 Å². The molecule has 0 spiro atoms. The first kappa shape index (κ1) is 11.3. The van der Waals surface area contributed by atoms with Crippen LogP contribution in [0.25, 0.3) is 21.0 Å². The number of nitrogens with zero attached hydrogens (tertiary/aromatic N) is 3. The molecule has 1 aromatic carbocycles. The fourth-order valence-corrected chi connectivity index (χ4v) is 2.65. The van der Waals surface area contributed by atoms with Crippen molar-refractivity contribution >= 4 is 21.8 Å². The predicted molar refractivity (Wildman–Crippen MR) is 73.4 cm³/mol. The molecule has 2 heterocycles. The van der Waals surface area contributed by atoms with E-state index in [9.17, 15) is 0 Å². The number of fused-ring (bicyclic) bond motifs is 1. The lowest BCUT2D eigenvalue weighted by atomic mass is 10.1. The highest BCUT2D eigenvalue weighted by Gasteiger charge is 2.07. The van der Waals surface area contributed by atoms with E-state index in [1.165, 1.54) is 5.56 Å². The average Bonchev–Trinajstić information content (AvgIpc) is 2.84. The first-order chi connectivity index (χ1) is 8.86. The quantitative estimate of drug-likeness (QED) is 0.780. The van der Waals surface area contributed by atoms with Gasteiger partial charge in [-0.25, -0.2) is 15.0 Å². The van der Waals surface area contributed by atoms with Crippen LogP contribution in [-0.2, 0) is 6.42 Å². The maximum absolute atomic E-state index is 5.53. The molecule has 0 atom stereocenters. The highest BCUT2D eigenvalue weighted by Crippen LogP contribution is 2.27. The van der Waals surface area contributed by atoms with Gasteiger partial charge in [0.2, 0.25) is 0 Å². The van der Waals surface area contributed by atoms with Gasteiger partial charge in [0.1, 0.15) is 5.01 Å². The molecule has 0 unspecified atom stereocenters. The SMILES string of the molecule is NCCc1ccc(-c2nc3nccnc3s2)cc1. The minimum absolute atomic E-state index is 0.675. The van der Waals surface area contributed by atoms with Gasteiger partial charge in [0.05, 0.1) is 0 Å². The van der Waals surface area contributed by atoms with E-state index in [2.05, 4.69) is 39.2 Å². The second kappa shape index (κ2) is 4.80. The number of thiazole rings is 1. The number of benzene rings is 1. The lowest BCUT2D eigenvalue weighted by Gasteiger charge is -1.99. The Kier molecular flexibility index (Phi) is 3.00. The van der Waals surface area contributed by atoms with E-state index < -0.39 is 0 Å². The van der Waals surface area contributed by atoms with E-state index in [-0.39, 0.29) is 0 Å². The summed E-state index contributed by atoms with van der Waals surface area (Å²) in [6, 6.07) is 8.33. The summed E-state index contributed by atoms with van der Waals surface area (Å²) in [6.07, 6.45) is 4.26. The molecule has 0 amide bonds. The molecule has 2 N–H and O–H groups in total. The van der Waals surface area contributed by atoms with Crippen LogP contribution in [0.3, 0.4) is 0 Å². The third-order valence-electron chi connectivity index (χ3n) is 2.68. The molecule has 0 saturated heterocycles. The topological polar surface area (TPSA) is 64.7 Å². The molecule has 3 rings (SSSR count). The van der Waals surface area contributed by atoms with Gasteiger partial charge >= 0.3 is 0 Å². The summed E-state index contributed by atoms with van der Waals surface area (Å²) >= 11 is 1.56. The zero-order valence-corrected chi connectivity index (χ0v) is 10.5. The summed E-state index contributed by atoms with van der Waals surface area (Å²) in [7, 11) is 0. The van der Waals surface area contributed by atoms with Gasteiger partial charge in [0.15, 0.2) is 10.5 Å². The Morgan fingerprint density at radius 1 is 1.06 bits per heavy atom. The van der Waals surface area contributed by atoms with Crippen molar-refractivity contribution in [2.45, 2.75) is 6.42 Å². The molecule has 0 aliphatic heterocycles. The van der Waals surface area contributed by atoms with Crippen LogP contribution in [0.5, 0.6) is 0 Å². The molecule has 3 aromatic rings. The van der Waals surface area contributed by atoms with Gasteiger partial charge in [-0.2, -0.15) is 0 Å². The zero-order valence-electron chi connectivity index (χ0n) is 9.71. The first-order valence-electron chi connectivity index (χ1n) is 5.74. The number of hydrogen-bond donors (Lipinski definition) is 1. The largest absolute Gasteiger partial charge is 0.330 e. The molecule has 0 bridgehead atoms. The van der Waals surface area contributed by atoms with E-state index in [4.69, 9.17) is 5.73 Å². The van der Waals surface area contributed by atoms with E-state index in [1.807, 2.05) is 0 Å². The molecular formula is C13H12N4S. The van der Waals surface area contributed by atoms with Crippen LogP contribution in [-0.4, -0.2) is 21.5 Å². The summed E-state index contributed by atoms with van der Waals surface area (Å²) in [4.78, 5) is 13.8. The first-order valence-corrected chi connectivity index (χ1v) is 6.55. The van der Waals surface area contributed by atoms with E-state index in [0.717, 1.165) is 21.8 Å². The van der Waals surface area contributed by atoms with Gasteiger partial charge in [-0.1, -0.05) is 35.6 Å². The summed E-state index contributed by atoms with van der Waals surface area (Å²) < 4.78 is 0. The molecule has 0 radical (unpaired) electrons. The van der Waals surface area contributed by atoms with Crippen molar-refractivity contribution in [2.24, 2.45) is 5.73 Å². The Hall–Kier alpha value is -1.85. The molecule has 4 nitrogen and oxygen atoms in total. The van der Waals surface area contributed by atoms with Gasteiger partial charge in [-0.3, -0.25) is 0 Å². The average molecular weight is 256 g/mol. The Labute approximate surface area is 109 Å². The normalized spacial score (nSPS) is 10.9. The molecule has 0 aliphatic carbocycles. The third-order valence-corrected chi connectivity index (χ3v) is 3.68. The van der Waals surface area contributed by atoms with Crippen molar-refractivity contribution in [2.75, 3.05) is 6.54 Å². The molecule has 0 saturated carbocycles. The summed E-state index contributed by atoms with van der Waals surface area (Å²) in [5, 5.41) is 0.954. The van der Waals surface area contributed by atoms with Crippen molar-refractivity contribution in [3.8, 4) is 10.6 Å². The lowest BCUT2D eigenvalue weighted by Crippen LogP contribution is -2.02. The molecule has 0 fully saturated rings. The molecule has 0 aliphatic rings. The Morgan fingerprint density at radius 3 is 2.56 bits per heavy atom. The van der Waals surface area contributed by atoms with Crippen LogP contribution in [0.15, 0.2) is 36.7 Å². The van der Waals surface area contributed by atoms with Gasteiger partial charge in [-0.05, 0) is 18.5 Å². The molecule has 5 heteroatoms. The van der Waals surface area contributed by atoms with Crippen molar-refractivity contribution in [3.63, 3.8) is 0 Å².